The molecule has 7 nitrogen and oxygen atoms in total. The van der Waals surface area contributed by atoms with Crippen molar-refractivity contribution in [2.24, 2.45) is 11.8 Å². The van der Waals surface area contributed by atoms with E-state index >= 15 is 0 Å². The van der Waals surface area contributed by atoms with Crippen molar-refractivity contribution < 1.29 is 28.6 Å². The lowest BCUT2D eigenvalue weighted by Gasteiger charge is -2.21. The smallest absolute Gasteiger partial charge is 0.326 e. The Morgan fingerprint density at radius 3 is 2.59 bits per heavy atom. The zero-order chi connectivity index (χ0) is 19.0. The summed E-state index contributed by atoms with van der Waals surface area (Å²) in [5.74, 6) is -1.38. The summed E-state index contributed by atoms with van der Waals surface area (Å²) in [6.07, 6.45) is 4.88. The summed E-state index contributed by atoms with van der Waals surface area (Å²) in [6, 6.07) is 3.39. The third kappa shape index (κ3) is 3.44. The molecule has 0 bridgehead atoms. The van der Waals surface area contributed by atoms with E-state index in [1.807, 2.05) is 12.2 Å². The van der Waals surface area contributed by atoms with Gasteiger partial charge in [-0.05, 0) is 25.0 Å². The zero-order valence-corrected chi connectivity index (χ0v) is 15.2. The van der Waals surface area contributed by atoms with Crippen molar-refractivity contribution in [2.75, 3.05) is 13.3 Å². The monoisotopic (exact) mass is 391 g/mol. The molecule has 1 aliphatic carbocycles. The lowest BCUT2D eigenvalue weighted by Crippen LogP contribution is -2.36. The molecule has 142 valence electrons. The Hall–Kier alpha value is -2.38. The number of ether oxygens (including phenoxy) is 3. The molecule has 1 aromatic carbocycles. The van der Waals surface area contributed by atoms with Gasteiger partial charge in [-0.3, -0.25) is 19.3 Å². The molecule has 0 unspecified atom stereocenters. The molecule has 2 atom stereocenters. The van der Waals surface area contributed by atoms with Gasteiger partial charge in [-0.2, -0.15) is 0 Å². The molecule has 0 N–H and O–H groups in total. The van der Waals surface area contributed by atoms with Crippen molar-refractivity contribution >= 4 is 29.4 Å². The van der Waals surface area contributed by atoms with Crippen molar-refractivity contribution in [3.8, 4) is 5.75 Å². The van der Waals surface area contributed by atoms with E-state index in [1.165, 1.54) is 0 Å². The van der Waals surface area contributed by atoms with E-state index in [2.05, 4.69) is 0 Å². The molecule has 8 heteroatoms. The van der Waals surface area contributed by atoms with Crippen LogP contribution in [0.3, 0.4) is 0 Å². The molecule has 2 aliphatic heterocycles. The zero-order valence-electron chi connectivity index (χ0n) is 14.5. The van der Waals surface area contributed by atoms with Crippen molar-refractivity contribution in [3.63, 3.8) is 0 Å². The number of carbonyl (C=O) groups is 3. The highest BCUT2D eigenvalue weighted by molar-refractivity contribution is 6.30. The molecular weight excluding hydrogens is 374 g/mol. The number of carbonyl (C=O) groups excluding carboxylic acids is 3. The summed E-state index contributed by atoms with van der Waals surface area (Å²) in [4.78, 5) is 38.1. The van der Waals surface area contributed by atoms with Gasteiger partial charge >= 0.3 is 5.97 Å². The Balaban J connectivity index is 1.40. The topological polar surface area (TPSA) is 82.1 Å². The summed E-state index contributed by atoms with van der Waals surface area (Å²) in [5, 5.41) is 0.482. The molecule has 1 fully saturated rings. The summed E-state index contributed by atoms with van der Waals surface area (Å²) >= 11 is 6.09. The predicted molar refractivity (Wildman–Crippen MR) is 93.6 cm³/mol. The van der Waals surface area contributed by atoms with Crippen LogP contribution in [0, 0.1) is 11.8 Å². The molecular formula is C19H18ClNO6. The third-order valence-corrected chi connectivity index (χ3v) is 5.24. The molecule has 0 radical (unpaired) electrons. The first-order valence-corrected chi connectivity index (χ1v) is 9.10. The number of imide groups is 1. The van der Waals surface area contributed by atoms with Crippen LogP contribution in [0.15, 0.2) is 24.3 Å². The van der Waals surface area contributed by atoms with E-state index in [9.17, 15) is 14.4 Å². The van der Waals surface area contributed by atoms with Gasteiger partial charge in [0.25, 0.3) is 0 Å². The van der Waals surface area contributed by atoms with Crippen LogP contribution in [0.4, 0.5) is 0 Å². The van der Waals surface area contributed by atoms with Crippen LogP contribution in [0.1, 0.15) is 24.0 Å². The van der Waals surface area contributed by atoms with Crippen LogP contribution in [-0.2, 0) is 37.1 Å². The second kappa shape index (κ2) is 7.32. The largest absolute Gasteiger partial charge is 0.467 e. The maximum atomic E-state index is 12.4. The highest BCUT2D eigenvalue weighted by Crippen LogP contribution is 2.35. The fourth-order valence-corrected chi connectivity index (χ4v) is 3.99. The fourth-order valence-electron chi connectivity index (χ4n) is 3.72. The van der Waals surface area contributed by atoms with Gasteiger partial charge in [-0.25, -0.2) is 0 Å². The van der Waals surface area contributed by atoms with Gasteiger partial charge in [0.05, 0.1) is 18.4 Å². The molecule has 3 aliphatic rings. The van der Waals surface area contributed by atoms with E-state index in [0.717, 1.165) is 10.5 Å². The van der Waals surface area contributed by atoms with Crippen LogP contribution in [0.25, 0.3) is 0 Å². The number of allylic oxidation sites excluding steroid dienone is 2. The Labute approximate surface area is 160 Å². The number of amides is 2. The highest BCUT2D eigenvalue weighted by atomic mass is 35.5. The van der Waals surface area contributed by atoms with Crippen LogP contribution < -0.4 is 4.74 Å². The summed E-state index contributed by atoms with van der Waals surface area (Å²) in [5.41, 5.74) is 1.40. The van der Waals surface area contributed by atoms with Crippen LogP contribution >= 0.6 is 11.6 Å². The summed E-state index contributed by atoms with van der Waals surface area (Å²) in [7, 11) is 0. The molecule has 2 amide bonds. The van der Waals surface area contributed by atoms with Crippen LogP contribution in [0.2, 0.25) is 5.02 Å². The molecule has 1 aromatic rings. The first kappa shape index (κ1) is 18.0. The molecule has 4 rings (SSSR count). The van der Waals surface area contributed by atoms with Crippen LogP contribution in [0.5, 0.6) is 5.75 Å². The minimum Gasteiger partial charge on any atom is -0.467 e. The van der Waals surface area contributed by atoms with Gasteiger partial charge in [0, 0.05) is 16.1 Å². The van der Waals surface area contributed by atoms with E-state index in [-0.39, 0.29) is 43.6 Å². The van der Waals surface area contributed by atoms with E-state index < -0.39 is 5.97 Å². The van der Waals surface area contributed by atoms with E-state index in [0.29, 0.717) is 35.8 Å². The van der Waals surface area contributed by atoms with Gasteiger partial charge in [-0.15, -0.1) is 0 Å². The van der Waals surface area contributed by atoms with Crippen molar-refractivity contribution in [1.29, 1.82) is 0 Å². The SMILES string of the molecule is O=C(CN1C(=O)[C@H]2CC=CC[C@@H]2C1=O)OCc1cc(Cl)cc2c1OCOC2. The Bertz CT molecular complexity index is 810. The van der Waals surface area contributed by atoms with Gasteiger partial charge in [0.15, 0.2) is 6.79 Å². The third-order valence-electron chi connectivity index (χ3n) is 5.03. The molecule has 1 saturated heterocycles. The van der Waals surface area contributed by atoms with Gasteiger partial charge in [0.2, 0.25) is 11.8 Å². The number of benzene rings is 1. The fraction of sp³-hybridized carbons (Fsp3) is 0.421. The van der Waals surface area contributed by atoms with Gasteiger partial charge < -0.3 is 14.2 Å². The van der Waals surface area contributed by atoms with E-state index in [1.54, 1.807) is 12.1 Å². The second-order valence-electron chi connectivity index (χ2n) is 6.74. The van der Waals surface area contributed by atoms with Gasteiger partial charge in [0.1, 0.15) is 18.9 Å². The minimum absolute atomic E-state index is 0.0631. The number of fused-ring (bicyclic) bond motifs is 2. The molecule has 0 saturated carbocycles. The van der Waals surface area contributed by atoms with Crippen molar-refractivity contribution in [3.05, 3.63) is 40.4 Å². The number of nitrogens with zero attached hydrogens (tertiary/aromatic N) is 1. The number of hydrogen-bond donors (Lipinski definition) is 0. The predicted octanol–water partition coefficient (Wildman–Crippen LogP) is 2.20. The second-order valence-corrected chi connectivity index (χ2v) is 7.18. The van der Waals surface area contributed by atoms with Crippen molar-refractivity contribution in [2.45, 2.75) is 26.1 Å². The molecule has 2 heterocycles. The number of esters is 1. The number of hydrogen-bond acceptors (Lipinski definition) is 6. The first-order valence-electron chi connectivity index (χ1n) is 8.72. The van der Waals surface area contributed by atoms with Gasteiger partial charge in [-0.1, -0.05) is 23.8 Å². The van der Waals surface area contributed by atoms with E-state index in [4.69, 9.17) is 25.8 Å². The number of likely N-dealkylation sites (tertiary alicyclic amines) is 1. The average Bonchev–Trinajstić information content (AvgIpc) is 2.91. The minimum atomic E-state index is -0.649. The quantitative estimate of drug-likeness (QED) is 0.444. The normalized spacial score (nSPS) is 23.7. The van der Waals surface area contributed by atoms with Crippen molar-refractivity contribution in [1.82, 2.24) is 4.90 Å². The average molecular weight is 392 g/mol. The summed E-state index contributed by atoms with van der Waals surface area (Å²) < 4.78 is 16.0. The standard InChI is InChI=1S/C19H18ClNO6/c20-13-5-11-8-25-10-27-17(11)12(6-13)9-26-16(22)7-21-18(23)14-3-1-2-4-15(14)19(21)24/h1-2,5-6,14-15H,3-4,7-10H2/t14-,15-/m0/s1. The Morgan fingerprint density at radius 1 is 1.19 bits per heavy atom. The Morgan fingerprint density at radius 2 is 1.89 bits per heavy atom. The number of rotatable bonds is 4. The maximum absolute atomic E-state index is 12.4. The maximum Gasteiger partial charge on any atom is 0.326 e. The molecule has 27 heavy (non-hydrogen) atoms. The summed E-state index contributed by atoms with van der Waals surface area (Å²) in [6.45, 7) is 0.0390. The lowest BCUT2D eigenvalue weighted by molar-refractivity contribution is -0.153. The number of halogens is 1. The molecule has 0 aromatic heterocycles. The molecule has 0 spiro atoms. The first-order chi connectivity index (χ1) is 13.0. The van der Waals surface area contributed by atoms with Crippen LogP contribution in [-0.4, -0.2) is 36.0 Å². The Kier molecular flexibility index (Phi) is 4.88. The highest BCUT2D eigenvalue weighted by Gasteiger charge is 2.47. The lowest BCUT2D eigenvalue weighted by atomic mass is 9.85.